The van der Waals surface area contributed by atoms with Crippen LogP contribution in [0, 0.1) is 6.92 Å². The topological polar surface area (TPSA) is 89.0 Å². The van der Waals surface area contributed by atoms with Gasteiger partial charge in [-0.2, -0.15) is 0 Å². The van der Waals surface area contributed by atoms with E-state index >= 15 is 0 Å². The Labute approximate surface area is 145 Å². The van der Waals surface area contributed by atoms with Crippen LogP contribution < -0.4 is 9.80 Å². The van der Waals surface area contributed by atoms with Crippen LogP contribution in [0.4, 0.5) is 21.1 Å². The SMILES string of the molecule is C=C(C)OC(=O)N1C(=O)C(C)N(C(=O)OC(=C)C)c2nc(C)ccc21. The molecule has 1 aliphatic heterocycles. The lowest BCUT2D eigenvalue weighted by atomic mass is 10.1. The van der Waals surface area contributed by atoms with Crippen molar-refractivity contribution < 1.29 is 23.9 Å². The average Bonchev–Trinajstić information content (AvgIpc) is 2.47. The minimum atomic E-state index is -1.02. The van der Waals surface area contributed by atoms with E-state index in [1.807, 2.05) is 0 Å². The van der Waals surface area contributed by atoms with Gasteiger partial charge in [0.05, 0.1) is 17.2 Å². The smallest absolute Gasteiger partial charge is 0.415 e. The number of hydrogen-bond donors (Lipinski definition) is 0. The molecule has 1 aliphatic rings. The number of hydrogen-bond acceptors (Lipinski definition) is 6. The van der Waals surface area contributed by atoms with Gasteiger partial charge in [0.2, 0.25) is 0 Å². The van der Waals surface area contributed by atoms with Crippen molar-refractivity contribution in [3.63, 3.8) is 0 Å². The van der Waals surface area contributed by atoms with E-state index in [0.717, 1.165) is 9.80 Å². The first-order valence-corrected chi connectivity index (χ1v) is 7.49. The zero-order chi connectivity index (χ0) is 18.9. The number of pyridine rings is 1. The summed E-state index contributed by atoms with van der Waals surface area (Å²) in [6.07, 6.45) is -1.72. The molecule has 0 saturated heterocycles. The van der Waals surface area contributed by atoms with Crippen molar-refractivity contribution in [1.29, 1.82) is 0 Å². The summed E-state index contributed by atoms with van der Waals surface area (Å²) in [6.45, 7) is 13.2. The van der Waals surface area contributed by atoms with E-state index in [0.29, 0.717) is 5.69 Å². The van der Waals surface area contributed by atoms with Crippen molar-refractivity contribution in [2.45, 2.75) is 33.7 Å². The average molecular weight is 345 g/mol. The number of ether oxygens (including phenoxy) is 2. The van der Waals surface area contributed by atoms with Crippen molar-refractivity contribution in [1.82, 2.24) is 4.98 Å². The summed E-state index contributed by atoms with van der Waals surface area (Å²) >= 11 is 0. The molecule has 2 heterocycles. The number of rotatable bonds is 2. The molecule has 8 heteroatoms. The number of imide groups is 1. The molecule has 0 N–H and O–H groups in total. The van der Waals surface area contributed by atoms with Crippen LogP contribution in [0.25, 0.3) is 0 Å². The van der Waals surface area contributed by atoms with Crippen molar-refractivity contribution in [3.8, 4) is 0 Å². The first-order valence-electron chi connectivity index (χ1n) is 7.49. The summed E-state index contributed by atoms with van der Waals surface area (Å²) in [7, 11) is 0. The van der Waals surface area contributed by atoms with Gasteiger partial charge in [0.15, 0.2) is 5.82 Å². The van der Waals surface area contributed by atoms with Crippen molar-refractivity contribution in [2.24, 2.45) is 0 Å². The molecule has 0 bridgehead atoms. The van der Waals surface area contributed by atoms with Crippen LogP contribution >= 0.6 is 0 Å². The maximum atomic E-state index is 12.7. The zero-order valence-corrected chi connectivity index (χ0v) is 14.5. The van der Waals surface area contributed by atoms with Gasteiger partial charge in [-0.05, 0) is 39.8 Å². The quantitative estimate of drug-likeness (QED) is 0.764. The fourth-order valence-electron chi connectivity index (χ4n) is 2.31. The third kappa shape index (κ3) is 3.52. The van der Waals surface area contributed by atoms with E-state index in [-0.39, 0.29) is 23.0 Å². The fraction of sp³-hybridized carbons (Fsp3) is 0.294. The number of carbonyl (C=O) groups is 3. The molecule has 0 spiro atoms. The largest absolute Gasteiger partial charge is 0.426 e. The zero-order valence-electron chi connectivity index (χ0n) is 14.5. The standard InChI is InChI=1S/C17H19N3O5/c1-9(2)24-16(22)19-12(6)15(21)20(17(23)25-10(3)4)13-8-7-11(5)18-14(13)19/h7-8,12H,1,3H2,2,4-6H3. The minimum Gasteiger partial charge on any atom is -0.415 e. The fourth-order valence-corrected chi connectivity index (χ4v) is 2.31. The highest BCUT2D eigenvalue weighted by Crippen LogP contribution is 2.36. The molecule has 2 rings (SSSR count). The second-order valence-electron chi connectivity index (χ2n) is 5.65. The van der Waals surface area contributed by atoms with Gasteiger partial charge >= 0.3 is 12.2 Å². The van der Waals surface area contributed by atoms with Crippen LogP contribution in [0.3, 0.4) is 0 Å². The first-order chi connectivity index (χ1) is 11.6. The summed E-state index contributed by atoms with van der Waals surface area (Å²) < 4.78 is 9.97. The number of carbonyl (C=O) groups excluding carboxylic acids is 3. The second-order valence-corrected chi connectivity index (χ2v) is 5.65. The van der Waals surface area contributed by atoms with Crippen LogP contribution in [0.15, 0.2) is 36.8 Å². The van der Waals surface area contributed by atoms with Gasteiger partial charge in [-0.15, -0.1) is 0 Å². The highest BCUT2D eigenvalue weighted by Gasteiger charge is 2.44. The molecule has 0 radical (unpaired) electrons. The van der Waals surface area contributed by atoms with Gasteiger partial charge in [-0.25, -0.2) is 24.4 Å². The highest BCUT2D eigenvalue weighted by atomic mass is 16.6. The lowest BCUT2D eigenvalue weighted by Crippen LogP contribution is -2.56. The maximum absolute atomic E-state index is 12.7. The number of anilines is 2. The second kappa shape index (κ2) is 6.76. The molecule has 132 valence electrons. The molecule has 8 nitrogen and oxygen atoms in total. The van der Waals surface area contributed by atoms with Crippen LogP contribution in [0.2, 0.25) is 0 Å². The van der Waals surface area contributed by atoms with Crippen molar-refractivity contribution in [2.75, 3.05) is 9.80 Å². The highest BCUT2D eigenvalue weighted by molar-refractivity contribution is 6.21. The Balaban J connectivity index is 2.57. The van der Waals surface area contributed by atoms with Crippen LogP contribution in [0.1, 0.15) is 26.5 Å². The maximum Gasteiger partial charge on any atom is 0.426 e. The van der Waals surface area contributed by atoms with Crippen molar-refractivity contribution >= 4 is 29.6 Å². The predicted molar refractivity (Wildman–Crippen MR) is 91.0 cm³/mol. The van der Waals surface area contributed by atoms with E-state index in [9.17, 15) is 14.4 Å². The Morgan fingerprint density at radius 3 is 2.24 bits per heavy atom. The van der Waals surface area contributed by atoms with Crippen LogP contribution in [0.5, 0.6) is 0 Å². The summed E-state index contributed by atoms with van der Waals surface area (Å²) in [5.41, 5.74) is 0.722. The summed E-state index contributed by atoms with van der Waals surface area (Å²) in [4.78, 5) is 43.6. The molecule has 1 aromatic rings. The molecule has 0 saturated carbocycles. The first kappa shape index (κ1) is 18.2. The summed E-state index contributed by atoms with van der Waals surface area (Å²) in [6, 6.07) is 2.11. The van der Waals surface area contributed by atoms with E-state index in [1.54, 1.807) is 13.0 Å². The van der Waals surface area contributed by atoms with Gasteiger partial charge < -0.3 is 9.47 Å². The Morgan fingerprint density at radius 1 is 1.12 bits per heavy atom. The van der Waals surface area contributed by atoms with Gasteiger partial charge in [-0.3, -0.25) is 4.79 Å². The molecule has 25 heavy (non-hydrogen) atoms. The van der Waals surface area contributed by atoms with Crippen LogP contribution in [-0.4, -0.2) is 29.1 Å². The van der Waals surface area contributed by atoms with E-state index in [2.05, 4.69) is 18.1 Å². The van der Waals surface area contributed by atoms with E-state index < -0.39 is 24.1 Å². The molecular formula is C17H19N3O5. The number of aromatic nitrogens is 1. The van der Waals surface area contributed by atoms with E-state index in [1.165, 1.54) is 26.8 Å². The Morgan fingerprint density at radius 2 is 1.68 bits per heavy atom. The number of aryl methyl sites for hydroxylation is 1. The van der Waals surface area contributed by atoms with Gasteiger partial charge in [0.25, 0.3) is 5.91 Å². The Kier molecular flexibility index (Phi) is 4.92. The molecule has 0 fully saturated rings. The molecule has 0 aromatic carbocycles. The predicted octanol–water partition coefficient (Wildman–Crippen LogP) is 3.27. The number of nitrogens with zero attached hydrogens (tertiary/aromatic N) is 3. The Hall–Kier alpha value is -3.16. The third-order valence-corrected chi connectivity index (χ3v) is 3.33. The van der Waals surface area contributed by atoms with Crippen LogP contribution in [-0.2, 0) is 14.3 Å². The van der Waals surface area contributed by atoms with Crippen molar-refractivity contribution in [3.05, 3.63) is 42.5 Å². The molecule has 1 unspecified atom stereocenters. The number of amides is 3. The van der Waals surface area contributed by atoms with Gasteiger partial charge in [0, 0.05) is 5.69 Å². The molecule has 0 aliphatic carbocycles. The summed E-state index contributed by atoms with van der Waals surface area (Å²) in [5.74, 6) is -0.223. The molecule has 1 atom stereocenters. The Bertz CT molecular complexity index is 786. The lowest BCUT2D eigenvalue weighted by Gasteiger charge is -2.37. The van der Waals surface area contributed by atoms with E-state index in [4.69, 9.17) is 9.47 Å². The summed E-state index contributed by atoms with van der Waals surface area (Å²) in [5, 5.41) is 0. The third-order valence-electron chi connectivity index (χ3n) is 3.33. The lowest BCUT2D eigenvalue weighted by molar-refractivity contribution is -0.119. The normalized spacial score (nSPS) is 16.2. The van der Waals surface area contributed by atoms with Gasteiger partial charge in [-0.1, -0.05) is 13.2 Å². The number of fused-ring (bicyclic) bond motifs is 1. The molecular weight excluding hydrogens is 326 g/mol. The molecule has 1 aromatic heterocycles. The molecule has 3 amide bonds. The number of allylic oxidation sites excluding steroid dienone is 2. The monoisotopic (exact) mass is 345 g/mol. The minimum absolute atomic E-state index is 0.122. The van der Waals surface area contributed by atoms with Gasteiger partial charge in [0.1, 0.15) is 6.04 Å².